The molecule has 1 fully saturated rings. The van der Waals surface area contributed by atoms with Gasteiger partial charge >= 0.3 is 0 Å². The van der Waals surface area contributed by atoms with E-state index < -0.39 is 0 Å². The molecule has 0 bridgehead atoms. The van der Waals surface area contributed by atoms with E-state index >= 15 is 0 Å². The topological polar surface area (TPSA) is 56.1 Å². The molecule has 0 unspecified atom stereocenters. The van der Waals surface area contributed by atoms with Crippen LogP contribution in [-0.2, 0) is 0 Å². The molecule has 1 aliphatic rings. The minimum Gasteiger partial charge on any atom is -0.384 e. The second-order valence-corrected chi connectivity index (χ2v) is 6.70. The summed E-state index contributed by atoms with van der Waals surface area (Å²) in [6, 6.07) is 15.3. The summed E-state index contributed by atoms with van der Waals surface area (Å²) in [7, 11) is 0. The van der Waals surface area contributed by atoms with Crippen molar-refractivity contribution >= 4 is 11.6 Å². The maximum Gasteiger partial charge on any atom is 0.254 e. The van der Waals surface area contributed by atoms with Crippen molar-refractivity contribution in [3.63, 3.8) is 0 Å². The zero-order valence-corrected chi connectivity index (χ0v) is 15.6. The molecule has 0 spiro atoms. The van der Waals surface area contributed by atoms with Crippen molar-refractivity contribution in [2.24, 2.45) is 0 Å². The Morgan fingerprint density at radius 1 is 1.15 bits per heavy atom. The van der Waals surface area contributed by atoms with Crippen LogP contribution in [0.1, 0.15) is 46.3 Å². The van der Waals surface area contributed by atoms with Gasteiger partial charge in [-0.05, 0) is 61.7 Å². The van der Waals surface area contributed by atoms with Gasteiger partial charge in [0.2, 0.25) is 0 Å². The van der Waals surface area contributed by atoms with Gasteiger partial charge in [0.1, 0.15) is 0 Å². The van der Waals surface area contributed by atoms with E-state index in [-0.39, 0.29) is 5.91 Å². The number of nitriles is 1. The van der Waals surface area contributed by atoms with Gasteiger partial charge in [-0.3, -0.25) is 4.79 Å². The third-order valence-corrected chi connectivity index (χ3v) is 4.65. The van der Waals surface area contributed by atoms with Gasteiger partial charge in [-0.15, -0.1) is 0 Å². The number of amides is 1. The van der Waals surface area contributed by atoms with E-state index in [1.165, 1.54) is 0 Å². The molecule has 4 heteroatoms. The predicted molar refractivity (Wildman–Crippen MR) is 107 cm³/mol. The fraction of sp³-hybridized carbons (Fsp3) is 0.304. The van der Waals surface area contributed by atoms with E-state index in [4.69, 9.17) is 5.26 Å². The number of nitrogens with zero attached hydrogens (tertiary/aromatic N) is 2. The highest BCUT2D eigenvalue weighted by Gasteiger charge is 2.20. The molecule has 27 heavy (non-hydrogen) atoms. The van der Waals surface area contributed by atoms with Gasteiger partial charge in [0, 0.05) is 42.9 Å². The Morgan fingerprint density at radius 2 is 1.96 bits per heavy atom. The first-order chi connectivity index (χ1) is 13.2. The molecule has 0 radical (unpaired) electrons. The third kappa shape index (κ3) is 4.90. The number of hydrogen-bond donors (Lipinski definition) is 1. The molecular formula is C23H23N3O. The maximum absolute atomic E-state index is 12.5. The van der Waals surface area contributed by atoms with Crippen LogP contribution in [0.3, 0.4) is 0 Å². The van der Waals surface area contributed by atoms with E-state index in [0.717, 1.165) is 48.3 Å². The molecule has 0 aliphatic carbocycles. The molecule has 1 heterocycles. The van der Waals surface area contributed by atoms with Crippen molar-refractivity contribution in [2.75, 3.05) is 25.0 Å². The lowest BCUT2D eigenvalue weighted by Crippen LogP contribution is -2.28. The standard InChI is InChI=1S/C23H23N3O/c1-18-15-19(10-11-22(18)23(27)26-13-4-5-14-26)7-2-3-12-25-21-9-6-8-20(16-21)17-24/h6,8-11,15-16,25H,3-5,12-14H2,1H3. The summed E-state index contributed by atoms with van der Waals surface area (Å²) in [5.74, 6) is 6.45. The number of aryl methyl sites for hydroxylation is 1. The van der Waals surface area contributed by atoms with Crippen LogP contribution in [-0.4, -0.2) is 30.4 Å². The lowest BCUT2D eigenvalue weighted by Gasteiger charge is -2.16. The molecule has 1 aliphatic heterocycles. The Hall–Kier alpha value is -3.24. The number of carbonyl (C=O) groups excluding carboxylic acids is 1. The van der Waals surface area contributed by atoms with Crippen LogP contribution in [0.5, 0.6) is 0 Å². The molecule has 0 saturated carbocycles. The first-order valence-corrected chi connectivity index (χ1v) is 9.30. The summed E-state index contributed by atoms with van der Waals surface area (Å²) in [5.41, 5.74) is 4.25. The normalized spacial score (nSPS) is 12.8. The predicted octanol–water partition coefficient (Wildman–Crippen LogP) is 3.96. The summed E-state index contributed by atoms with van der Waals surface area (Å²) >= 11 is 0. The van der Waals surface area contributed by atoms with Gasteiger partial charge in [-0.2, -0.15) is 5.26 Å². The molecule has 0 aromatic heterocycles. The molecule has 1 amide bonds. The first-order valence-electron chi connectivity index (χ1n) is 9.30. The van der Waals surface area contributed by atoms with E-state index in [0.29, 0.717) is 18.5 Å². The van der Waals surface area contributed by atoms with Crippen molar-refractivity contribution in [1.29, 1.82) is 5.26 Å². The fourth-order valence-corrected chi connectivity index (χ4v) is 3.20. The molecule has 136 valence electrons. The lowest BCUT2D eigenvalue weighted by molar-refractivity contribution is 0.0792. The minimum absolute atomic E-state index is 0.133. The Morgan fingerprint density at radius 3 is 2.70 bits per heavy atom. The Balaban J connectivity index is 1.54. The average molecular weight is 357 g/mol. The molecule has 1 saturated heterocycles. The summed E-state index contributed by atoms with van der Waals surface area (Å²) < 4.78 is 0. The summed E-state index contributed by atoms with van der Waals surface area (Å²) in [5, 5.41) is 12.2. The minimum atomic E-state index is 0.133. The lowest BCUT2D eigenvalue weighted by atomic mass is 10.0. The Bertz CT molecular complexity index is 925. The Kier molecular flexibility index (Phi) is 6.13. The Labute approximate surface area is 160 Å². The molecule has 0 atom stereocenters. The number of likely N-dealkylation sites (tertiary alicyclic amines) is 1. The number of nitrogens with one attached hydrogen (secondary N) is 1. The number of rotatable bonds is 4. The zero-order chi connectivity index (χ0) is 19.1. The zero-order valence-electron chi connectivity index (χ0n) is 15.6. The number of anilines is 1. The van der Waals surface area contributed by atoms with Gasteiger partial charge in [0.15, 0.2) is 0 Å². The summed E-state index contributed by atoms with van der Waals surface area (Å²) in [4.78, 5) is 14.5. The molecule has 1 N–H and O–H groups in total. The smallest absolute Gasteiger partial charge is 0.254 e. The second kappa shape index (κ2) is 8.92. The van der Waals surface area contributed by atoms with Crippen LogP contribution in [0.15, 0.2) is 42.5 Å². The number of hydrogen-bond acceptors (Lipinski definition) is 3. The van der Waals surface area contributed by atoms with Crippen molar-refractivity contribution < 1.29 is 4.79 Å². The SMILES string of the molecule is Cc1cc(C#CCCNc2cccc(C#N)c2)ccc1C(=O)N1CCCC1. The van der Waals surface area contributed by atoms with Crippen LogP contribution in [0.25, 0.3) is 0 Å². The molecule has 4 nitrogen and oxygen atoms in total. The van der Waals surface area contributed by atoms with Gasteiger partial charge in [0.25, 0.3) is 5.91 Å². The van der Waals surface area contributed by atoms with Crippen LogP contribution >= 0.6 is 0 Å². The highest BCUT2D eigenvalue weighted by atomic mass is 16.2. The molecule has 2 aromatic rings. The van der Waals surface area contributed by atoms with Gasteiger partial charge < -0.3 is 10.2 Å². The van der Waals surface area contributed by atoms with E-state index in [9.17, 15) is 4.79 Å². The van der Waals surface area contributed by atoms with Crippen LogP contribution in [0, 0.1) is 30.1 Å². The quantitative estimate of drug-likeness (QED) is 0.666. The van der Waals surface area contributed by atoms with Crippen molar-refractivity contribution in [3.05, 3.63) is 64.7 Å². The largest absolute Gasteiger partial charge is 0.384 e. The van der Waals surface area contributed by atoms with Gasteiger partial charge in [-0.25, -0.2) is 0 Å². The average Bonchev–Trinajstić information content (AvgIpc) is 3.22. The fourth-order valence-electron chi connectivity index (χ4n) is 3.20. The van der Waals surface area contributed by atoms with Crippen LogP contribution < -0.4 is 5.32 Å². The second-order valence-electron chi connectivity index (χ2n) is 6.70. The maximum atomic E-state index is 12.5. The van der Waals surface area contributed by atoms with Crippen molar-refractivity contribution in [1.82, 2.24) is 4.90 Å². The summed E-state index contributed by atoms with van der Waals surface area (Å²) in [6.45, 7) is 4.42. The molecule has 3 rings (SSSR count). The monoisotopic (exact) mass is 357 g/mol. The number of benzene rings is 2. The molecular weight excluding hydrogens is 334 g/mol. The van der Waals surface area contributed by atoms with Gasteiger partial charge in [-0.1, -0.05) is 17.9 Å². The highest BCUT2D eigenvalue weighted by molar-refractivity contribution is 5.96. The third-order valence-electron chi connectivity index (χ3n) is 4.65. The van der Waals surface area contributed by atoms with E-state index in [1.54, 1.807) is 6.07 Å². The van der Waals surface area contributed by atoms with Crippen LogP contribution in [0.4, 0.5) is 5.69 Å². The molecule has 2 aromatic carbocycles. The highest BCUT2D eigenvalue weighted by Crippen LogP contribution is 2.17. The van der Waals surface area contributed by atoms with E-state index in [2.05, 4.69) is 23.2 Å². The first kappa shape index (κ1) is 18.5. The van der Waals surface area contributed by atoms with Crippen LogP contribution in [0.2, 0.25) is 0 Å². The number of carbonyl (C=O) groups is 1. The summed E-state index contributed by atoms with van der Waals surface area (Å²) in [6.07, 6.45) is 2.90. The van der Waals surface area contributed by atoms with Crippen molar-refractivity contribution in [3.8, 4) is 17.9 Å². The van der Waals surface area contributed by atoms with E-state index in [1.807, 2.05) is 48.2 Å². The van der Waals surface area contributed by atoms with Crippen molar-refractivity contribution in [2.45, 2.75) is 26.2 Å². The van der Waals surface area contributed by atoms with Gasteiger partial charge in [0.05, 0.1) is 11.6 Å².